The number of aromatic nitrogens is 2. The summed E-state index contributed by atoms with van der Waals surface area (Å²) in [6.45, 7) is 6.89. The number of amides is 2. The van der Waals surface area contributed by atoms with E-state index in [9.17, 15) is 9.90 Å². The average Bonchev–Trinajstić information content (AvgIpc) is 2.69. The second-order valence-corrected chi connectivity index (χ2v) is 7.44. The Morgan fingerprint density at radius 2 is 2.20 bits per heavy atom. The van der Waals surface area contributed by atoms with Gasteiger partial charge >= 0.3 is 6.03 Å². The van der Waals surface area contributed by atoms with Gasteiger partial charge in [0, 0.05) is 36.8 Å². The first-order valence-electron chi connectivity index (χ1n) is 10.1. The number of piperidine rings is 1. The first-order chi connectivity index (χ1) is 14.5. The van der Waals surface area contributed by atoms with Gasteiger partial charge in [-0.05, 0) is 63.1 Å². The number of phenols is 1. The minimum Gasteiger partial charge on any atom is -0.507 e. The molecule has 0 unspecified atom stereocenters. The Hall–Kier alpha value is -3.31. The predicted molar refractivity (Wildman–Crippen MR) is 117 cm³/mol. The normalized spacial score (nSPS) is 16.4. The maximum Gasteiger partial charge on any atom is 0.312 e. The Bertz CT molecular complexity index is 966. The van der Waals surface area contributed by atoms with Crippen molar-refractivity contribution in [3.8, 4) is 28.8 Å². The molecule has 3 rings (SSSR count). The lowest BCUT2D eigenvalue weighted by molar-refractivity contribution is 0.213. The highest BCUT2D eigenvalue weighted by Crippen LogP contribution is 2.31. The Labute approximate surface area is 176 Å². The van der Waals surface area contributed by atoms with Crippen LogP contribution >= 0.6 is 0 Å². The minimum absolute atomic E-state index is 0.140. The van der Waals surface area contributed by atoms with Crippen molar-refractivity contribution in [2.45, 2.75) is 32.7 Å². The molecule has 1 fully saturated rings. The first-order valence-corrected chi connectivity index (χ1v) is 10.1. The van der Waals surface area contributed by atoms with Crippen LogP contribution < -0.4 is 16.4 Å². The number of nitrogens with one attached hydrogen (secondary N) is 2. The number of urea groups is 1. The van der Waals surface area contributed by atoms with Crippen molar-refractivity contribution in [2.24, 2.45) is 5.73 Å². The van der Waals surface area contributed by atoms with E-state index < -0.39 is 6.03 Å². The van der Waals surface area contributed by atoms with Crippen molar-refractivity contribution in [1.82, 2.24) is 20.4 Å². The number of benzene rings is 1. The molecule has 158 valence electrons. The van der Waals surface area contributed by atoms with Crippen molar-refractivity contribution in [3.05, 3.63) is 35.4 Å². The van der Waals surface area contributed by atoms with Gasteiger partial charge in [-0.2, -0.15) is 0 Å². The number of phenolic OH excluding ortho intramolecular Hbond substituents is 1. The van der Waals surface area contributed by atoms with Crippen LogP contribution in [0.1, 0.15) is 30.9 Å². The van der Waals surface area contributed by atoms with Gasteiger partial charge in [0.05, 0.1) is 5.69 Å². The number of likely N-dealkylation sites (tertiary alicyclic amines) is 1. The van der Waals surface area contributed by atoms with Crippen molar-refractivity contribution in [1.29, 1.82) is 0 Å². The molecule has 0 spiro atoms. The molecule has 0 saturated carbocycles. The van der Waals surface area contributed by atoms with E-state index in [2.05, 4.69) is 37.6 Å². The van der Waals surface area contributed by atoms with Gasteiger partial charge in [-0.25, -0.2) is 4.79 Å². The van der Waals surface area contributed by atoms with Crippen LogP contribution in [0.2, 0.25) is 0 Å². The van der Waals surface area contributed by atoms with Gasteiger partial charge in [0.15, 0.2) is 0 Å². The Morgan fingerprint density at radius 3 is 2.90 bits per heavy atom. The summed E-state index contributed by atoms with van der Waals surface area (Å²) in [7, 11) is 0. The van der Waals surface area contributed by atoms with E-state index in [4.69, 9.17) is 5.73 Å². The van der Waals surface area contributed by atoms with E-state index in [1.54, 1.807) is 13.0 Å². The molecular weight excluding hydrogens is 380 g/mol. The fourth-order valence-corrected chi connectivity index (χ4v) is 3.70. The molecule has 1 aromatic heterocycles. The van der Waals surface area contributed by atoms with E-state index in [0.717, 1.165) is 43.6 Å². The van der Waals surface area contributed by atoms with Crippen molar-refractivity contribution in [2.75, 3.05) is 31.5 Å². The lowest BCUT2D eigenvalue weighted by Crippen LogP contribution is -2.45. The smallest absolute Gasteiger partial charge is 0.312 e. The Morgan fingerprint density at radius 1 is 1.37 bits per heavy atom. The average molecular weight is 409 g/mol. The van der Waals surface area contributed by atoms with Crippen LogP contribution in [-0.4, -0.2) is 58.5 Å². The summed E-state index contributed by atoms with van der Waals surface area (Å²) in [6.07, 6.45) is 2.11. The summed E-state index contributed by atoms with van der Waals surface area (Å²) in [5.74, 6) is 6.61. The van der Waals surface area contributed by atoms with E-state index in [0.29, 0.717) is 23.6 Å². The third-order valence-corrected chi connectivity index (χ3v) is 5.09. The summed E-state index contributed by atoms with van der Waals surface area (Å²) in [5.41, 5.74) is 8.09. The van der Waals surface area contributed by atoms with Crippen LogP contribution in [0.5, 0.6) is 5.75 Å². The largest absolute Gasteiger partial charge is 0.507 e. The van der Waals surface area contributed by atoms with Crippen LogP contribution in [0.3, 0.4) is 0 Å². The lowest BCUT2D eigenvalue weighted by atomic mass is 10.0. The van der Waals surface area contributed by atoms with Gasteiger partial charge in [0.2, 0.25) is 0 Å². The minimum atomic E-state index is -0.494. The van der Waals surface area contributed by atoms with E-state index >= 15 is 0 Å². The van der Waals surface area contributed by atoms with Gasteiger partial charge in [-0.1, -0.05) is 5.92 Å². The van der Waals surface area contributed by atoms with Gasteiger partial charge in [0.1, 0.15) is 11.6 Å². The second kappa shape index (κ2) is 9.94. The highest BCUT2D eigenvalue weighted by molar-refractivity contribution is 5.72. The number of nitrogens with two attached hydrogens (primary N) is 1. The molecule has 8 heteroatoms. The summed E-state index contributed by atoms with van der Waals surface area (Å²) in [4.78, 5) is 13.1. The SMILES string of the molecule is CC#Cc1ccc(-c2nnc(N[C@@H]3CCCN(CCNC(N)=O)C3)cc2C)c(O)c1. The molecule has 1 aliphatic rings. The molecule has 8 nitrogen and oxygen atoms in total. The van der Waals surface area contributed by atoms with Gasteiger partial charge in [-0.15, -0.1) is 16.1 Å². The van der Waals surface area contributed by atoms with E-state index in [-0.39, 0.29) is 11.8 Å². The topological polar surface area (TPSA) is 116 Å². The zero-order chi connectivity index (χ0) is 21.5. The first kappa shape index (κ1) is 21.4. The molecule has 0 aliphatic carbocycles. The summed E-state index contributed by atoms with van der Waals surface area (Å²) < 4.78 is 0. The summed E-state index contributed by atoms with van der Waals surface area (Å²) >= 11 is 0. The zero-order valence-electron chi connectivity index (χ0n) is 17.4. The van der Waals surface area contributed by atoms with Crippen LogP contribution in [0.25, 0.3) is 11.3 Å². The molecule has 0 bridgehead atoms. The number of aryl methyl sites for hydroxylation is 1. The van der Waals surface area contributed by atoms with E-state index in [1.165, 1.54) is 0 Å². The zero-order valence-corrected chi connectivity index (χ0v) is 17.4. The third-order valence-electron chi connectivity index (χ3n) is 5.09. The fourth-order valence-electron chi connectivity index (χ4n) is 3.70. The van der Waals surface area contributed by atoms with Crippen LogP contribution in [-0.2, 0) is 0 Å². The summed E-state index contributed by atoms with van der Waals surface area (Å²) in [6, 6.07) is 7.04. The Balaban J connectivity index is 1.65. The number of nitrogens with zero attached hydrogens (tertiary/aromatic N) is 3. The molecule has 1 aliphatic heterocycles. The number of primary amides is 1. The van der Waals surface area contributed by atoms with Crippen LogP contribution in [0, 0.1) is 18.8 Å². The van der Waals surface area contributed by atoms with E-state index in [1.807, 2.05) is 25.1 Å². The van der Waals surface area contributed by atoms with Crippen molar-refractivity contribution in [3.63, 3.8) is 0 Å². The Kier molecular flexibility index (Phi) is 7.09. The number of anilines is 1. The molecule has 2 heterocycles. The number of aromatic hydroxyl groups is 1. The van der Waals surface area contributed by atoms with Crippen LogP contribution in [0.4, 0.5) is 10.6 Å². The highest BCUT2D eigenvalue weighted by atomic mass is 16.3. The van der Waals surface area contributed by atoms with Crippen molar-refractivity contribution < 1.29 is 9.90 Å². The lowest BCUT2D eigenvalue weighted by Gasteiger charge is -2.33. The number of hydrogen-bond acceptors (Lipinski definition) is 6. The molecular formula is C22H28N6O2. The molecule has 1 saturated heterocycles. The second-order valence-electron chi connectivity index (χ2n) is 7.44. The molecule has 2 aromatic rings. The molecule has 1 atom stereocenters. The molecule has 30 heavy (non-hydrogen) atoms. The fraction of sp³-hybridized carbons (Fsp3) is 0.409. The maximum absolute atomic E-state index is 10.8. The van der Waals surface area contributed by atoms with Crippen molar-refractivity contribution >= 4 is 11.8 Å². The maximum atomic E-state index is 10.8. The molecule has 1 aromatic carbocycles. The number of hydrogen-bond donors (Lipinski definition) is 4. The molecule has 0 radical (unpaired) electrons. The molecule has 5 N–H and O–H groups in total. The quantitative estimate of drug-likeness (QED) is 0.544. The standard InChI is InChI=1S/C22H28N6O2/c1-3-5-16-7-8-18(19(29)13-16)21-15(2)12-20(26-27-21)25-17-6-4-10-28(14-17)11-9-24-22(23)30/h7-8,12-13,17,29H,4,6,9-11,14H2,1-2H3,(H,25,26)(H3,23,24,30)/t17-/m1/s1. The van der Waals surface area contributed by atoms with Gasteiger partial charge < -0.3 is 21.5 Å². The third kappa shape index (κ3) is 5.61. The van der Waals surface area contributed by atoms with Crippen LogP contribution in [0.15, 0.2) is 24.3 Å². The number of carbonyl (C=O) groups excluding carboxylic acids is 1. The van der Waals surface area contributed by atoms with Gasteiger partial charge in [-0.3, -0.25) is 4.90 Å². The predicted octanol–water partition coefficient (Wildman–Crippen LogP) is 2.07. The number of rotatable bonds is 6. The molecule has 2 amide bonds. The monoisotopic (exact) mass is 408 g/mol. The highest BCUT2D eigenvalue weighted by Gasteiger charge is 2.20. The van der Waals surface area contributed by atoms with Gasteiger partial charge in [0.25, 0.3) is 0 Å². The number of carbonyl (C=O) groups is 1. The summed E-state index contributed by atoms with van der Waals surface area (Å²) in [5, 5.41) is 25.1.